The van der Waals surface area contributed by atoms with Gasteiger partial charge in [-0.2, -0.15) is 0 Å². The summed E-state index contributed by atoms with van der Waals surface area (Å²) in [5, 5.41) is 5.72. The first kappa shape index (κ1) is 21.6. The summed E-state index contributed by atoms with van der Waals surface area (Å²) in [7, 11) is 1.65. The minimum absolute atomic E-state index is 0.142. The SMILES string of the molecule is COc1ccc(CCNC(=O)NCCCOc2ccc(C(C)(C)C)cc2)cc1. The number of carbonyl (C=O) groups excluding carboxylic acids is 1. The molecule has 0 saturated carbocycles. The molecule has 2 aromatic rings. The average Bonchev–Trinajstić information content (AvgIpc) is 2.68. The van der Waals surface area contributed by atoms with Crippen molar-refractivity contribution < 1.29 is 14.3 Å². The van der Waals surface area contributed by atoms with Gasteiger partial charge < -0.3 is 20.1 Å². The molecule has 2 amide bonds. The highest BCUT2D eigenvalue weighted by Crippen LogP contribution is 2.24. The fraction of sp³-hybridized carbons (Fsp3) is 0.435. The van der Waals surface area contributed by atoms with Crippen molar-refractivity contribution in [2.45, 2.75) is 39.0 Å². The largest absolute Gasteiger partial charge is 0.497 e. The summed E-state index contributed by atoms with van der Waals surface area (Å²) in [5.41, 5.74) is 2.59. The number of carbonyl (C=O) groups is 1. The summed E-state index contributed by atoms with van der Waals surface area (Å²) in [6.07, 6.45) is 1.54. The Morgan fingerprint density at radius 3 is 2.11 bits per heavy atom. The normalized spacial score (nSPS) is 11.0. The van der Waals surface area contributed by atoms with Crippen molar-refractivity contribution in [3.05, 3.63) is 59.7 Å². The summed E-state index contributed by atoms with van der Waals surface area (Å²) in [5.74, 6) is 1.69. The summed E-state index contributed by atoms with van der Waals surface area (Å²) < 4.78 is 10.9. The van der Waals surface area contributed by atoms with E-state index < -0.39 is 0 Å². The van der Waals surface area contributed by atoms with Crippen LogP contribution >= 0.6 is 0 Å². The maximum absolute atomic E-state index is 11.8. The number of urea groups is 1. The Kier molecular flexibility index (Phi) is 8.18. The molecule has 2 aromatic carbocycles. The van der Waals surface area contributed by atoms with E-state index in [9.17, 15) is 4.79 Å². The minimum atomic E-state index is -0.150. The lowest BCUT2D eigenvalue weighted by Gasteiger charge is -2.19. The van der Waals surface area contributed by atoms with Crippen LogP contribution in [0.4, 0.5) is 4.79 Å². The smallest absolute Gasteiger partial charge is 0.314 e. The maximum Gasteiger partial charge on any atom is 0.314 e. The third-order valence-corrected chi connectivity index (χ3v) is 4.45. The molecule has 2 rings (SSSR count). The molecule has 0 heterocycles. The lowest BCUT2D eigenvalue weighted by molar-refractivity contribution is 0.239. The van der Waals surface area contributed by atoms with Gasteiger partial charge in [0.1, 0.15) is 11.5 Å². The Hall–Kier alpha value is -2.69. The van der Waals surface area contributed by atoms with Crippen LogP contribution in [-0.2, 0) is 11.8 Å². The van der Waals surface area contributed by atoms with Gasteiger partial charge in [0.15, 0.2) is 0 Å². The van der Waals surface area contributed by atoms with Crippen molar-refractivity contribution in [1.29, 1.82) is 0 Å². The van der Waals surface area contributed by atoms with Crippen LogP contribution in [0.3, 0.4) is 0 Å². The van der Waals surface area contributed by atoms with Crippen LogP contribution in [0.15, 0.2) is 48.5 Å². The van der Waals surface area contributed by atoms with Crippen molar-refractivity contribution in [2.75, 3.05) is 26.8 Å². The molecule has 0 radical (unpaired) electrons. The first-order valence-corrected chi connectivity index (χ1v) is 9.76. The fourth-order valence-electron chi connectivity index (χ4n) is 2.69. The maximum atomic E-state index is 11.8. The zero-order chi connectivity index (χ0) is 20.4. The van der Waals surface area contributed by atoms with Crippen LogP contribution in [0.1, 0.15) is 38.3 Å². The van der Waals surface area contributed by atoms with Gasteiger partial charge in [0.05, 0.1) is 13.7 Å². The number of rotatable bonds is 9. The number of hydrogen-bond donors (Lipinski definition) is 2. The first-order valence-electron chi connectivity index (χ1n) is 9.76. The van der Waals surface area contributed by atoms with Gasteiger partial charge in [0.25, 0.3) is 0 Å². The molecule has 5 heteroatoms. The second-order valence-electron chi connectivity index (χ2n) is 7.76. The molecular formula is C23H32N2O3. The quantitative estimate of drug-likeness (QED) is 0.634. The lowest BCUT2D eigenvalue weighted by atomic mass is 9.87. The summed E-state index contributed by atoms with van der Waals surface area (Å²) >= 11 is 0. The average molecular weight is 385 g/mol. The van der Waals surface area contributed by atoms with Crippen LogP contribution in [-0.4, -0.2) is 32.8 Å². The molecule has 0 aliphatic heterocycles. The highest BCUT2D eigenvalue weighted by atomic mass is 16.5. The van der Waals surface area contributed by atoms with Gasteiger partial charge in [-0.25, -0.2) is 4.79 Å². The molecule has 0 bridgehead atoms. The summed E-state index contributed by atoms with van der Waals surface area (Å²) in [4.78, 5) is 11.8. The monoisotopic (exact) mass is 384 g/mol. The van der Waals surface area contributed by atoms with Gasteiger partial charge in [-0.1, -0.05) is 45.0 Å². The number of nitrogens with one attached hydrogen (secondary N) is 2. The van der Waals surface area contributed by atoms with Gasteiger partial charge in [-0.05, 0) is 53.6 Å². The zero-order valence-corrected chi connectivity index (χ0v) is 17.4. The number of amides is 2. The molecule has 0 aromatic heterocycles. The van der Waals surface area contributed by atoms with Crippen molar-refractivity contribution in [1.82, 2.24) is 10.6 Å². The van der Waals surface area contributed by atoms with Crippen LogP contribution in [0.2, 0.25) is 0 Å². The van der Waals surface area contributed by atoms with Gasteiger partial charge >= 0.3 is 6.03 Å². The predicted octanol–water partition coefficient (Wildman–Crippen LogP) is 4.30. The third kappa shape index (κ3) is 7.51. The van der Waals surface area contributed by atoms with E-state index in [1.165, 1.54) is 5.56 Å². The standard InChI is InChI=1S/C23H32N2O3/c1-23(2,3)19-8-12-21(13-9-19)28-17-5-15-24-22(26)25-16-14-18-6-10-20(27-4)11-7-18/h6-13H,5,14-17H2,1-4H3,(H2,24,25,26). The van der Waals surface area contributed by atoms with E-state index in [4.69, 9.17) is 9.47 Å². The number of ether oxygens (including phenoxy) is 2. The first-order chi connectivity index (χ1) is 13.4. The molecule has 0 aliphatic rings. The van der Waals surface area contributed by atoms with Crippen LogP contribution in [0.25, 0.3) is 0 Å². The highest BCUT2D eigenvalue weighted by molar-refractivity contribution is 5.73. The molecule has 2 N–H and O–H groups in total. The number of hydrogen-bond acceptors (Lipinski definition) is 3. The van der Waals surface area contributed by atoms with E-state index in [1.807, 2.05) is 36.4 Å². The van der Waals surface area contributed by atoms with Gasteiger partial charge in [0.2, 0.25) is 0 Å². The van der Waals surface area contributed by atoms with E-state index >= 15 is 0 Å². The Morgan fingerprint density at radius 1 is 0.893 bits per heavy atom. The number of benzene rings is 2. The second kappa shape index (κ2) is 10.6. The molecular weight excluding hydrogens is 352 g/mol. The van der Waals surface area contributed by atoms with Gasteiger partial charge in [-0.15, -0.1) is 0 Å². The van der Waals surface area contributed by atoms with Crippen LogP contribution in [0.5, 0.6) is 11.5 Å². The second-order valence-corrected chi connectivity index (χ2v) is 7.76. The van der Waals surface area contributed by atoms with E-state index in [0.29, 0.717) is 19.7 Å². The molecule has 152 valence electrons. The van der Waals surface area contributed by atoms with E-state index in [2.05, 4.69) is 43.5 Å². The Bertz CT molecular complexity index is 719. The van der Waals surface area contributed by atoms with Crippen LogP contribution < -0.4 is 20.1 Å². The Balaban J connectivity index is 1.55. The van der Waals surface area contributed by atoms with Gasteiger partial charge in [0, 0.05) is 13.1 Å². The molecule has 0 aliphatic carbocycles. The van der Waals surface area contributed by atoms with E-state index in [0.717, 1.165) is 29.9 Å². The molecule has 0 atom stereocenters. The van der Waals surface area contributed by atoms with E-state index in [1.54, 1.807) is 7.11 Å². The van der Waals surface area contributed by atoms with Crippen molar-refractivity contribution in [2.24, 2.45) is 0 Å². The molecule has 28 heavy (non-hydrogen) atoms. The van der Waals surface area contributed by atoms with Crippen molar-refractivity contribution in [3.63, 3.8) is 0 Å². The molecule has 0 spiro atoms. The summed E-state index contributed by atoms with van der Waals surface area (Å²) in [6, 6.07) is 15.9. The van der Waals surface area contributed by atoms with Crippen molar-refractivity contribution >= 4 is 6.03 Å². The lowest BCUT2D eigenvalue weighted by Crippen LogP contribution is -2.37. The third-order valence-electron chi connectivity index (χ3n) is 4.45. The van der Waals surface area contributed by atoms with Crippen molar-refractivity contribution in [3.8, 4) is 11.5 Å². The Labute approximate surface area is 168 Å². The van der Waals surface area contributed by atoms with Crippen LogP contribution in [0, 0.1) is 0 Å². The predicted molar refractivity (Wildman–Crippen MR) is 113 cm³/mol. The highest BCUT2D eigenvalue weighted by Gasteiger charge is 2.12. The summed E-state index contributed by atoms with van der Waals surface area (Å²) in [6.45, 7) is 8.31. The molecule has 0 saturated heterocycles. The minimum Gasteiger partial charge on any atom is -0.497 e. The van der Waals surface area contributed by atoms with Gasteiger partial charge in [-0.3, -0.25) is 0 Å². The molecule has 5 nitrogen and oxygen atoms in total. The number of methoxy groups -OCH3 is 1. The Morgan fingerprint density at radius 2 is 1.50 bits per heavy atom. The molecule has 0 fully saturated rings. The topological polar surface area (TPSA) is 59.6 Å². The zero-order valence-electron chi connectivity index (χ0n) is 17.4. The fourth-order valence-corrected chi connectivity index (χ4v) is 2.69. The van der Waals surface area contributed by atoms with E-state index in [-0.39, 0.29) is 11.4 Å². The molecule has 0 unspecified atom stereocenters.